The molecule has 0 bridgehead atoms. The average molecular weight is 290 g/mol. The molecule has 0 radical (unpaired) electrons. The van der Waals surface area contributed by atoms with Gasteiger partial charge in [-0.15, -0.1) is 11.3 Å². The van der Waals surface area contributed by atoms with E-state index in [9.17, 15) is 0 Å². The summed E-state index contributed by atoms with van der Waals surface area (Å²) in [5.74, 6) is 0.919. The van der Waals surface area contributed by atoms with Gasteiger partial charge in [0.25, 0.3) is 0 Å². The first-order chi connectivity index (χ1) is 9.71. The lowest BCUT2D eigenvalue weighted by Crippen LogP contribution is -2.35. The van der Waals surface area contributed by atoms with Crippen LogP contribution in [0.3, 0.4) is 0 Å². The van der Waals surface area contributed by atoms with Gasteiger partial charge in [0.1, 0.15) is 10.8 Å². The number of hydrogen-bond acceptors (Lipinski definition) is 4. The summed E-state index contributed by atoms with van der Waals surface area (Å²) in [6, 6.07) is 6.12. The number of rotatable bonds is 3. The van der Waals surface area contributed by atoms with E-state index in [1.165, 1.54) is 30.4 Å². The van der Waals surface area contributed by atoms with Crippen LogP contribution in [0.25, 0.3) is 10.2 Å². The summed E-state index contributed by atoms with van der Waals surface area (Å²) in [4.78, 5) is 4.79. The first-order valence-electron chi connectivity index (χ1n) is 7.54. The van der Waals surface area contributed by atoms with Crippen molar-refractivity contribution in [1.82, 2.24) is 4.98 Å². The Morgan fingerprint density at radius 2 is 2.00 bits per heavy atom. The fourth-order valence-corrected chi connectivity index (χ4v) is 4.10. The van der Waals surface area contributed by atoms with Gasteiger partial charge in [-0.25, -0.2) is 4.98 Å². The first-order valence-corrected chi connectivity index (χ1v) is 8.36. The summed E-state index contributed by atoms with van der Waals surface area (Å²) < 4.78 is 6.74. The van der Waals surface area contributed by atoms with Crippen molar-refractivity contribution in [2.24, 2.45) is 5.73 Å². The minimum atomic E-state index is -0.216. The molecule has 1 saturated carbocycles. The van der Waals surface area contributed by atoms with Crippen molar-refractivity contribution < 1.29 is 4.74 Å². The number of nitrogens with two attached hydrogens (primary N) is 1. The molecule has 2 aromatic rings. The second-order valence-corrected chi connectivity index (χ2v) is 6.68. The zero-order chi connectivity index (χ0) is 14.0. The molecule has 1 aliphatic carbocycles. The highest BCUT2D eigenvalue weighted by Crippen LogP contribution is 2.38. The molecule has 1 aromatic heterocycles. The van der Waals surface area contributed by atoms with Crippen molar-refractivity contribution in [2.75, 3.05) is 6.61 Å². The number of thiazole rings is 1. The van der Waals surface area contributed by atoms with E-state index in [1.807, 2.05) is 19.1 Å². The van der Waals surface area contributed by atoms with E-state index in [-0.39, 0.29) is 5.54 Å². The van der Waals surface area contributed by atoms with E-state index in [0.717, 1.165) is 29.1 Å². The molecule has 1 heterocycles. The quantitative estimate of drug-likeness (QED) is 0.862. The van der Waals surface area contributed by atoms with E-state index in [1.54, 1.807) is 11.3 Å². The normalized spacial score (nSPS) is 18.9. The van der Waals surface area contributed by atoms with Gasteiger partial charge in [0.05, 0.1) is 22.4 Å². The molecule has 0 saturated heterocycles. The summed E-state index contributed by atoms with van der Waals surface area (Å²) in [5.41, 5.74) is 7.49. The van der Waals surface area contributed by atoms with Gasteiger partial charge in [-0.3, -0.25) is 0 Å². The topological polar surface area (TPSA) is 48.1 Å². The Morgan fingerprint density at radius 3 is 2.70 bits per heavy atom. The highest BCUT2D eigenvalue weighted by Gasteiger charge is 2.31. The zero-order valence-corrected chi connectivity index (χ0v) is 12.8. The van der Waals surface area contributed by atoms with Crippen molar-refractivity contribution >= 4 is 21.6 Å². The first kappa shape index (κ1) is 13.8. The zero-order valence-electron chi connectivity index (χ0n) is 12.0. The number of aromatic nitrogens is 1. The van der Waals surface area contributed by atoms with Crippen molar-refractivity contribution in [3.63, 3.8) is 0 Å². The molecule has 0 amide bonds. The maximum absolute atomic E-state index is 6.66. The molecule has 1 fully saturated rings. The van der Waals surface area contributed by atoms with Crippen molar-refractivity contribution in [2.45, 2.75) is 51.0 Å². The third-order valence-electron chi connectivity index (χ3n) is 4.09. The lowest BCUT2D eigenvalue weighted by atomic mass is 9.92. The van der Waals surface area contributed by atoms with E-state index in [2.05, 4.69) is 6.07 Å². The van der Waals surface area contributed by atoms with Crippen molar-refractivity contribution in [3.05, 3.63) is 23.2 Å². The molecular weight excluding hydrogens is 268 g/mol. The number of hydrogen-bond donors (Lipinski definition) is 1. The van der Waals surface area contributed by atoms with Crippen LogP contribution in [0.15, 0.2) is 18.2 Å². The number of ether oxygens (including phenoxy) is 1. The predicted molar refractivity (Wildman–Crippen MR) is 84.4 cm³/mol. The molecule has 1 aromatic carbocycles. The Morgan fingerprint density at radius 1 is 1.25 bits per heavy atom. The van der Waals surface area contributed by atoms with Crippen molar-refractivity contribution in [1.29, 1.82) is 0 Å². The smallest absolute Gasteiger partial charge is 0.120 e. The summed E-state index contributed by atoms with van der Waals surface area (Å²) in [6.07, 6.45) is 7.17. The van der Waals surface area contributed by atoms with Crippen LogP contribution in [-0.4, -0.2) is 11.6 Å². The summed E-state index contributed by atoms with van der Waals surface area (Å²) in [5, 5.41) is 1.10. The fraction of sp³-hybridized carbons (Fsp3) is 0.562. The molecule has 2 N–H and O–H groups in total. The molecule has 20 heavy (non-hydrogen) atoms. The van der Waals surface area contributed by atoms with Crippen LogP contribution in [0.1, 0.15) is 50.5 Å². The number of benzene rings is 1. The highest BCUT2D eigenvalue weighted by atomic mass is 32.1. The van der Waals surface area contributed by atoms with Gasteiger partial charge in [0.2, 0.25) is 0 Å². The van der Waals surface area contributed by atoms with E-state index in [0.29, 0.717) is 6.61 Å². The molecule has 108 valence electrons. The van der Waals surface area contributed by atoms with Gasteiger partial charge in [-0.1, -0.05) is 25.7 Å². The number of fused-ring (bicyclic) bond motifs is 1. The van der Waals surface area contributed by atoms with Gasteiger partial charge in [-0.05, 0) is 38.0 Å². The minimum Gasteiger partial charge on any atom is -0.494 e. The molecule has 4 heteroatoms. The second kappa shape index (κ2) is 5.70. The molecule has 0 aliphatic heterocycles. The van der Waals surface area contributed by atoms with Crippen LogP contribution in [0.5, 0.6) is 5.75 Å². The summed E-state index contributed by atoms with van der Waals surface area (Å²) in [7, 11) is 0. The van der Waals surface area contributed by atoms with Gasteiger partial charge in [-0.2, -0.15) is 0 Å². The fourth-order valence-electron chi connectivity index (χ4n) is 2.95. The molecular formula is C16H22N2OS. The Labute approximate surface area is 124 Å². The van der Waals surface area contributed by atoms with Crippen LogP contribution in [0.4, 0.5) is 0 Å². The van der Waals surface area contributed by atoms with Gasteiger partial charge < -0.3 is 10.5 Å². The number of nitrogens with zero attached hydrogens (tertiary/aromatic N) is 1. The standard InChI is InChI=1S/C16H22N2OS/c1-2-19-12-7-8-13-14(11-12)20-15(18-13)16(17)9-5-3-4-6-10-16/h7-8,11H,2-6,9-10,17H2,1H3. The van der Waals surface area contributed by atoms with Gasteiger partial charge in [0.15, 0.2) is 0 Å². The molecule has 3 rings (SSSR count). The SMILES string of the molecule is CCOc1ccc2nc(C3(N)CCCCCC3)sc2c1. The van der Waals surface area contributed by atoms with Crippen LogP contribution in [0, 0.1) is 0 Å². The Bertz CT molecular complexity index is 585. The molecule has 3 nitrogen and oxygen atoms in total. The third-order valence-corrected chi connectivity index (χ3v) is 5.33. The van der Waals surface area contributed by atoms with Crippen molar-refractivity contribution in [3.8, 4) is 5.75 Å². The molecule has 1 aliphatic rings. The monoisotopic (exact) mass is 290 g/mol. The van der Waals surface area contributed by atoms with Crippen LogP contribution < -0.4 is 10.5 Å². The van der Waals surface area contributed by atoms with E-state index in [4.69, 9.17) is 15.5 Å². The lowest BCUT2D eigenvalue weighted by Gasteiger charge is -2.25. The Balaban J connectivity index is 1.95. The average Bonchev–Trinajstić information content (AvgIpc) is 2.75. The van der Waals surface area contributed by atoms with Gasteiger partial charge >= 0.3 is 0 Å². The van der Waals surface area contributed by atoms with Crippen LogP contribution in [0.2, 0.25) is 0 Å². The lowest BCUT2D eigenvalue weighted by molar-refractivity contribution is 0.341. The maximum atomic E-state index is 6.66. The van der Waals surface area contributed by atoms with Crippen LogP contribution in [-0.2, 0) is 5.54 Å². The Kier molecular flexibility index (Phi) is 3.94. The van der Waals surface area contributed by atoms with E-state index >= 15 is 0 Å². The second-order valence-electron chi connectivity index (χ2n) is 5.65. The summed E-state index contributed by atoms with van der Waals surface area (Å²) >= 11 is 1.74. The predicted octanol–water partition coefficient (Wildman–Crippen LogP) is 4.20. The van der Waals surface area contributed by atoms with Crippen LogP contribution >= 0.6 is 11.3 Å². The molecule has 0 unspecified atom stereocenters. The Hall–Kier alpha value is -1.13. The maximum Gasteiger partial charge on any atom is 0.120 e. The summed E-state index contributed by atoms with van der Waals surface area (Å²) in [6.45, 7) is 2.70. The highest BCUT2D eigenvalue weighted by molar-refractivity contribution is 7.18. The van der Waals surface area contributed by atoms with Gasteiger partial charge in [0, 0.05) is 0 Å². The molecule has 0 atom stereocenters. The minimum absolute atomic E-state index is 0.216. The van der Waals surface area contributed by atoms with E-state index < -0.39 is 0 Å². The molecule has 0 spiro atoms. The third kappa shape index (κ3) is 2.67. The largest absolute Gasteiger partial charge is 0.494 e.